The number of terminal acetylenes is 1. The quantitative estimate of drug-likeness (QED) is 0.563. The molecule has 3 N–H and O–H groups in total. The fourth-order valence-corrected chi connectivity index (χ4v) is 1.10. The molecule has 0 aliphatic heterocycles. The minimum atomic E-state index is 0.605. The van der Waals surface area contributed by atoms with Gasteiger partial charge in [-0.15, -0.1) is 6.42 Å². The van der Waals surface area contributed by atoms with Crippen molar-refractivity contribution in [2.75, 3.05) is 5.73 Å². The molecule has 0 amide bonds. The number of hydrogen-bond donors (Lipinski definition) is 2. The lowest BCUT2D eigenvalue weighted by atomic mass is 10.3. The summed E-state index contributed by atoms with van der Waals surface area (Å²) in [5, 5.41) is 0. The third-order valence-corrected chi connectivity index (χ3v) is 1.70. The SMILES string of the molecule is C#Cc1ccc2[nH]cc(N)c2n1. The van der Waals surface area contributed by atoms with E-state index >= 15 is 0 Å². The van der Waals surface area contributed by atoms with E-state index in [4.69, 9.17) is 12.2 Å². The Labute approximate surface area is 69.6 Å². The molecule has 0 radical (unpaired) electrons. The average Bonchev–Trinajstić information content (AvgIpc) is 2.47. The van der Waals surface area contributed by atoms with Gasteiger partial charge in [0.25, 0.3) is 0 Å². The second-order valence-electron chi connectivity index (χ2n) is 2.48. The fraction of sp³-hybridized carbons (Fsp3) is 0. The highest BCUT2D eigenvalue weighted by Crippen LogP contribution is 2.17. The Bertz CT molecular complexity index is 462. The van der Waals surface area contributed by atoms with Gasteiger partial charge in [-0.2, -0.15) is 0 Å². The summed E-state index contributed by atoms with van der Waals surface area (Å²) in [7, 11) is 0. The molecule has 0 saturated heterocycles. The van der Waals surface area contributed by atoms with Crippen LogP contribution in [0.3, 0.4) is 0 Å². The molecule has 12 heavy (non-hydrogen) atoms. The molecule has 3 heteroatoms. The van der Waals surface area contributed by atoms with Crippen molar-refractivity contribution < 1.29 is 0 Å². The standard InChI is InChI=1S/C9H7N3/c1-2-6-3-4-8-9(12-6)7(10)5-11-8/h1,3-5,11H,10H2. The molecule has 2 aromatic heterocycles. The number of rotatable bonds is 0. The minimum absolute atomic E-state index is 0.605. The topological polar surface area (TPSA) is 54.7 Å². The summed E-state index contributed by atoms with van der Waals surface area (Å²) in [6.45, 7) is 0. The van der Waals surface area contributed by atoms with E-state index in [1.54, 1.807) is 12.3 Å². The number of aromatic nitrogens is 2. The lowest BCUT2D eigenvalue weighted by Crippen LogP contribution is -1.86. The average molecular weight is 157 g/mol. The summed E-state index contributed by atoms with van der Waals surface area (Å²) in [4.78, 5) is 7.14. The Morgan fingerprint density at radius 3 is 3.08 bits per heavy atom. The zero-order valence-corrected chi connectivity index (χ0v) is 6.33. The van der Waals surface area contributed by atoms with Crippen LogP contribution in [0.4, 0.5) is 5.69 Å². The van der Waals surface area contributed by atoms with Gasteiger partial charge < -0.3 is 10.7 Å². The van der Waals surface area contributed by atoms with E-state index in [1.807, 2.05) is 6.07 Å². The first-order chi connectivity index (χ1) is 5.81. The Balaban J connectivity index is 2.82. The zero-order chi connectivity index (χ0) is 8.55. The number of H-pyrrole nitrogens is 1. The van der Waals surface area contributed by atoms with E-state index in [-0.39, 0.29) is 0 Å². The molecule has 0 fully saturated rings. The number of hydrogen-bond acceptors (Lipinski definition) is 2. The Morgan fingerprint density at radius 2 is 2.33 bits per heavy atom. The zero-order valence-electron chi connectivity index (χ0n) is 6.33. The lowest BCUT2D eigenvalue weighted by Gasteiger charge is -1.91. The maximum absolute atomic E-state index is 5.64. The Morgan fingerprint density at radius 1 is 1.50 bits per heavy atom. The van der Waals surface area contributed by atoms with Crippen molar-refractivity contribution in [3.63, 3.8) is 0 Å². The normalized spacial score (nSPS) is 9.92. The van der Waals surface area contributed by atoms with Crippen LogP contribution in [0, 0.1) is 12.3 Å². The van der Waals surface area contributed by atoms with Crippen molar-refractivity contribution in [1.29, 1.82) is 0 Å². The third kappa shape index (κ3) is 0.823. The van der Waals surface area contributed by atoms with Crippen LogP contribution in [0.25, 0.3) is 11.0 Å². The number of nitrogens with one attached hydrogen (secondary N) is 1. The van der Waals surface area contributed by atoms with Crippen LogP contribution in [-0.4, -0.2) is 9.97 Å². The molecular weight excluding hydrogens is 150 g/mol. The van der Waals surface area contributed by atoms with Gasteiger partial charge >= 0.3 is 0 Å². The van der Waals surface area contributed by atoms with Crippen molar-refractivity contribution in [3.05, 3.63) is 24.0 Å². The molecule has 0 atom stereocenters. The van der Waals surface area contributed by atoms with Gasteiger partial charge in [-0.05, 0) is 12.1 Å². The highest BCUT2D eigenvalue weighted by molar-refractivity contribution is 5.87. The number of nitrogens with zero attached hydrogens (tertiary/aromatic N) is 1. The van der Waals surface area contributed by atoms with E-state index in [0.717, 1.165) is 11.0 Å². The van der Waals surface area contributed by atoms with Crippen molar-refractivity contribution in [2.45, 2.75) is 0 Å². The molecule has 2 heterocycles. The summed E-state index contributed by atoms with van der Waals surface area (Å²) in [6, 6.07) is 3.64. The summed E-state index contributed by atoms with van der Waals surface area (Å²) in [5.41, 5.74) is 8.52. The number of anilines is 1. The van der Waals surface area contributed by atoms with Crippen molar-refractivity contribution in [3.8, 4) is 12.3 Å². The minimum Gasteiger partial charge on any atom is -0.396 e. The first kappa shape index (κ1) is 6.74. The molecule has 3 nitrogen and oxygen atoms in total. The Hall–Kier alpha value is -1.95. The molecule has 2 rings (SSSR count). The summed E-state index contributed by atoms with van der Waals surface area (Å²) < 4.78 is 0. The number of nitrogen functional groups attached to an aromatic ring is 1. The summed E-state index contributed by atoms with van der Waals surface area (Å²) in [5.74, 6) is 2.46. The number of fused-ring (bicyclic) bond motifs is 1. The van der Waals surface area contributed by atoms with Gasteiger partial charge in [-0.1, -0.05) is 5.92 Å². The second kappa shape index (κ2) is 2.28. The van der Waals surface area contributed by atoms with Gasteiger partial charge in [0.15, 0.2) is 0 Å². The van der Waals surface area contributed by atoms with Gasteiger partial charge in [0, 0.05) is 6.20 Å². The van der Waals surface area contributed by atoms with E-state index in [9.17, 15) is 0 Å². The molecule has 0 aliphatic rings. The summed E-state index contributed by atoms with van der Waals surface area (Å²) >= 11 is 0. The maximum Gasteiger partial charge on any atom is 0.113 e. The molecule has 0 aliphatic carbocycles. The van der Waals surface area contributed by atoms with Gasteiger partial charge in [0.05, 0.1) is 11.2 Å². The van der Waals surface area contributed by atoms with Crippen LogP contribution in [0.5, 0.6) is 0 Å². The first-order valence-electron chi connectivity index (χ1n) is 3.51. The van der Waals surface area contributed by atoms with Crippen LogP contribution in [0.1, 0.15) is 5.69 Å². The monoisotopic (exact) mass is 157 g/mol. The molecular formula is C9H7N3. The van der Waals surface area contributed by atoms with E-state index in [2.05, 4.69) is 15.9 Å². The van der Waals surface area contributed by atoms with E-state index in [1.165, 1.54) is 0 Å². The van der Waals surface area contributed by atoms with Gasteiger partial charge in [0.2, 0.25) is 0 Å². The van der Waals surface area contributed by atoms with Crippen molar-refractivity contribution >= 4 is 16.7 Å². The highest BCUT2D eigenvalue weighted by Gasteiger charge is 2.00. The highest BCUT2D eigenvalue weighted by atomic mass is 14.8. The van der Waals surface area contributed by atoms with Crippen LogP contribution in [0.2, 0.25) is 0 Å². The number of pyridine rings is 1. The van der Waals surface area contributed by atoms with Crippen LogP contribution in [-0.2, 0) is 0 Å². The predicted molar refractivity (Wildman–Crippen MR) is 48.4 cm³/mol. The van der Waals surface area contributed by atoms with Crippen LogP contribution < -0.4 is 5.73 Å². The third-order valence-electron chi connectivity index (χ3n) is 1.70. The number of aromatic amines is 1. The van der Waals surface area contributed by atoms with Crippen LogP contribution in [0.15, 0.2) is 18.3 Å². The first-order valence-corrected chi connectivity index (χ1v) is 3.51. The van der Waals surface area contributed by atoms with Crippen molar-refractivity contribution in [1.82, 2.24) is 9.97 Å². The molecule has 58 valence electrons. The Kier molecular flexibility index (Phi) is 1.28. The molecule has 0 bridgehead atoms. The summed E-state index contributed by atoms with van der Waals surface area (Å²) in [6.07, 6.45) is 6.90. The predicted octanol–water partition coefficient (Wildman–Crippen LogP) is 1.13. The van der Waals surface area contributed by atoms with E-state index < -0.39 is 0 Å². The molecule has 0 aromatic carbocycles. The van der Waals surface area contributed by atoms with Crippen LogP contribution >= 0.6 is 0 Å². The van der Waals surface area contributed by atoms with Gasteiger partial charge in [-0.3, -0.25) is 0 Å². The molecule has 0 spiro atoms. The second-order valence-corrected chi connectivity index (χ2v) is 2.48. The molecule has 0 unspecified atom stereocenters. The molecule has 2 aromatic rings. The largest absolute Gasteiger partial charge is 0.396 e. The van der Waals surface area contributed by atoms with Gasteiger partial charge in [-0.25, -0.2) is 4.98 Å². The smallest absolute Gasteiger partial charge is 0.113 e. The maximum atomic E-state index is 5.64. The molecule has 0 saturated carbocycles. The number of nitrogens with two attached hydrogens (primary N) is 1. The van der Waals surface area contributed by atoms with E-state index in [0.29, 0.717) is 11.4 Å². The van der Waals surface area contributed by atoms with Gasteiger partial charge in [0.1, 0.15) is 11.2 Å². The van der Waals surface area contributed by atoms with Crippen molar-refractivity contribution in [2.24, 2.45) is 0 Å². The lowest BCUT2D eigenvalue weighted by molar-refractivity contribution is 1.36. The fourth-order valence-electron chi connectivity index (χ4n) is 1.10.